The Balaban J connectivity index is 1.79. The number of ether oxygens (including phenoxy) is 1. The fraction of sp³-hybridized carbons (Fsp3) is 0.600. The van der Waals surface area contributed by atoms with Crippen LogP contribution in [0.5, 0.6) is 0 Å². The summed E-state index contributed by atoms with van der Waals surface area (Å²) in [5.41, 5.74) is 0.965. The van der Waals surface area contributed by atoms with Gasteiger partial charge in [0.05, 0.1) is 17.8 Å². The van der Waals surface area contributed by atoms with Gasteiger partial charge in [-0.25, -0.2) is 0 Å². The van der Waals surface area contributed by atoms with Gasteiger partial charge in [-0.05, 0) is 18.4 Å². The van der Waals surface area contributed by atoms with Crippen LogP contribution in [0, 0.1) is 0 Å². The number of benzene rings is 1. The molecule has 3 rings (SSSR count). The molecule has 17 heavy (non-hydrogen) atoms. The van der Waals surface area contributed by atoms with Gasteiger partial charge in [0.2, 0.25) is 0 Å². The molecule has 2 heteroatoms. The molecular formula is C15H20O2. The molecule has 1 saturated carbocycles. The summed E-state index contributed by atoms with van der Waals surface area (Å²) < 4.78 is 6.24. The van der Waals surface area contributed by atoms with Crippen molar-refractivity contribution in [2.75, 3.05) is 0 Å². The minimum absolute atomic E-state index is 0.0873. The van der Waals surface area contributed by atoms with Crippen molar-refractivity contribution in [3.8, 4) is 0 Å². The van der Waals surface area contributed by atoms with E-state index < -0.39 is 0 Å². The monoisotopic (exact) mass is 232 g/mol. The van der Waals surface area contributed by atoms with Crippen LogP contribution in [0.3, 0.4) is 0 Å². The molecule has 92 valence electrons. The fourth-order valence-corrected chi connectivity index (χ4v) is 3.30. The van der Waals surface area contributed by atoms with E-state index in [0.717, 1.165) is 19.3 Å². The SMILES string of the molecule is O[C@H]1C[C@@H](c2ccccc2)OC12CCCCC2. The van der Waals surface area contributed by atoms with Crippen molar-refractivity contribution >= 4 is 0 Å². The molecule has 1 saturated heterocycles. The van der Waals surface area contributed by atoms with E-state index in [2.05, 4.69) is 12.1 Å². The summed E-state index contributed by atoms with van der Waals surface area (Å²) in [4.78, 5) is 0. The molecule has 2 aliphatic rings. The predicted molar refractivity (Wildman–Crippen MR) is 66.7 cm³/mol. The summed E-state index contributed by atoms with van der Waals surface area (Å²) in [7, 11) is 0. The summed E-state index contributed by atoms with van der Waals surface area (Å²) in [5, 5.41) is 10.3. The van der Waals surface area contributed by atoms with Crippen LogP contribution in [0.25, 0.3) is 0 Å². The molecule has 0 amide bonds. The van der Waals surface area contributed by atoms with Gasteiger partial charge in [0.15, 0.2) is 0 Å². The topological polar surface area (TPSA) is 29.5 Å². The van der Waals surface area contributed by atoms with Gasteiger partial charge < -0.3 is 9.84 Å². The first-order chi connectivity index (χ1) is 8.30. The van der Waals surface area contributed by atoms with Gasteiger partial charge in [0, 0.05) is 6.42 Å². The minimum Gasteiger partial charge on any atom is -0.390 e. The van der Waals surface area contributed by atoms with E-state index in [1.165, 1.54) is 24.8 Å². The molecule has 0 aromatic heterocycles. The van der Waals surface area contributed by atoms with E-state index in [1.54, 1.807) is 0 Å². The van der Waals surface area contributed by atoms with Crippen molar-refractivity contribution in [2.45, 2.75) is 56.3 Å². The average Bonchev–Trinajstić information content (AvgIpc) is 2.69. The maximum Gasteiger partial charge on any atom is 0.0949 e. The first kappa shape index (κ1) is 11.2. The van der Waals surface area contributed by atoms with Gasteiger partial charge in [-0.3, -0.25) is 0 Å². The van der Waals surface area contributed by atoms with E-state index in [1.807, 2.05) is 18.2 Å². The molecule has 1 aliphatic heterocycles. The molecule has 1 heterocycles. The van der Waals surface area contributed by atoms with Crippen LogP contribution in [0.15, 0.2) is 30.3 Å². The highest BCUT2D eigenvalue weighted by Crippen LogP contribution is 2.47. The number of hydrogen-bond donors (Lipinski definition) is 1. The van der Waals surface area contributed by atoms with Gasteiger partial charge in [0.25, 0.3) is 0 Å². The first-order valence-corrected chi connectivity index (χ1v) is 6.71. The van der Waals surface area contributed by atoms with Crippen LogP contribution in [0.1, 0.15) is 50.2 Å². The van der Waals surface area contributed by atoms with E-state index >= 15 is 0 Å². The Morgan fingerprint density at radius 3 is 2.47 bits per heavy atom. The maximum atomic E-state index is 10.3. The quantitative estimate of drug-likeness (QED) is 0.805. The van der Waals surface area contributed by atoms with Crippen LogP contribution in [0.2, 0.25) is 0 Å². The van der Waals surface area contributed by atoms with Gasteiger partial charge in [-0.1, -0.05) is 49.6 Å². The van der Waals surface area contributed by atoms with Gasteiger partial charge in [0.1, 0.15) is 0 Å². The fourth-order valence-electron chi connectivity index (χ4n) is 3.30. The maximum absolute atomic E-state index is 10.3. The van der Waals surface area contributed by atoms with E-state index in [0.29, 0.717) is 0 Å². The van der Waals surface area contributed by atoms with E-state index in [9.17, 15) is 5.11 Å². The molecular weight excluding hydrogens is 212 g/mol. The average molecular weight is 232 g/mol. The van der Waals surface area contributed by atoms with Crippen molar-refractivity contribution in [3.05, 3.63) is 35.9 Å². The zero-order valence-electron chi connectivity index (χ0n) is 10.1. The summed E-state index contributed by atoms with van der Waals surface area (Å²) in [6.45, 7) is 0. The molecule has 1 spiro atoms. The molecule has 1 aromatic rings. The third-order valence-corrected chi connectivity index (χ3v) is 4.29. The van der Waals surface area contributed by atoms with Crippen molar-refractivity contribution in [1.82, 2.24) is 0 Å². The van der Waals surface area contributed by atoms with Crippen molar-refractivity contribution < 1.29 is 9.84 Å². The lowest BCUT2D eigenvalue weighted by Crippen LogP contribution is -2.40. The molecule has 0 bridgehead atoms. The largest absolute Gasteiger partial charge is 0.390 e. The van der Waals surface area contributed by atoms with Crippen LogP contribution >= 0.6 is 0 Å². The van der Waals surface area contributed by atoms with Crippen molar-refractivity contribution in [3.63, 3.8) is 0 Å². The highest BCUT2D eigenvalue weighted by molar-refractivity contribution is 5.20. The van der Waals surface area contributed by atoms with Crippen LogP contribution in [-0.4, -0.2) is 16.8 Å². The first-order valence-electron chi connectivity index (χ1n) is 6.71. The van der Waals surface area contributed by atoms with E-state index in [4.69, 9.17) is 4.74 Å². The number of aliphatic hydroxyl groups excluding tert-OH is 1. The molecule has 1 aromatic carbocycles. The minimum atomic E-state index is -0.284. The second-order valence-electron chi connectivity index (χ2n) is 5.39. The lowest BCUT2D eigenvalue weighted by atomic mass is 9.81. The van der Waals surface area contributed by atoms with Gasteiger partial charge in [-0.2, -0.15) is 0 Å². The van der Waals surface area contributed by atoms with Gasteiger partial charge in [-0.15, -0.1) is 0 Å². The van der Waals surface area contributed by atoms with Crippen molar-refractivity contribution in [2.24, 2.45) is 0 Å². The lowest BCUT2D eigenvalue weighted by Gasteiger charge is -2.35. The Labute approximate surface area is 103 Å². The summed E-state index contributed by atoms with van der Waals surface area (Å²) in [5.74, 6) is 0. The normalized spacial score (nSPS) is 31.8. The third kappa shape index (κ3) is 2.00. The second-order valence-corrected chi connectivity index (χ2v) is 5.39. The summed E-state index contributed by atoms with van der Waals surface area (Å²) >= 11 is 0. The Morgan fingerprint density at radius 2 is 1.76 bits per heavy atom. The second kappa shape index (κ2) is 4.43. The molecule has 2 fully saturated rings. The zero-order chi connectivity index (χ0) is 11.7. The smallest absolute Gasteiger partial charge is 0.0949 e. The highest BCUT2D eigenvalue weighted by Gasteiger charge is 2.48. The zero-order valence-corrected chi connectivity index (χ0v) is 10.1. The number of hydrogen-bond acceptors (Lipinski definition) is 2. The lowest BCUT2D eigenvalue weighted by molar-refractivity contribution is -0.104. The molecule has 1 aliphatic carbocycles. The molecule has 0 radical (unpaired) electrons. The Morgan fingerprint density at radius 1 is 1.06 bits per heavy atom. The van der Waals surface area contributed by atoms with Crippen LogP contribution in [-0.2, 0) is 4.74 Å². The summed E-state index contributed by atoms with van der Waals surface area (Å²) in [6.07, 6.45) is 6.28. The van der Waals surface area contributed by atoms with Crippen LogP contribution in [0.4, 0.5) is 0 Å². The van der Waals surface area contributed by atoms with Crippen molar-refractivity contribution in [1.29, 1.82) is 0 Å². The highest BCUT2D eigenvalue weighted by atomic mass is 16.5. The van der Waals surface area contributed by atoms with Crippen LogP contribution < -0.4 is 0 Å². The third-order valence-electron chi connectivity index (χ3n) is 4.29. The molecule has 0 unspecified atom stereocenters. The van der Waals surface area contributed by atoms with Gasteiger partial charge >= 0.3 is 0 Å². The molecule has 2 atom stereocenters. The predicted octanol–water partition coefficient (Wildman–Crippen LogP) is 3.21. The molecule has 1 N–H and O–H groups in total. The molecule has 2 nitrogen and oxygen atoms in total. The van der Waals surface area contributed by atoms with E-state index in [-0.39, 0.29) is 17.8 Å². The summed E-state index contributed by atoms with van der Waals surface area (Å²) in [6, 6.07) is 10.3. The number of aliphatic hydroxyl groups is 1. The Bertz CT molecular complexity index is 368. The Hall–Kier alpha value is -0.860. The standard InChI is InChI=1S/C15H20O2/c16-14-11-13(12-7-3-1-4-8-12)17-15(14)9-5-2-6-10-15/h1,3-4,7-8,13-14,16H,2,5-6,9-11H2/t13-,14-/m0/s1. The number of rotatable bonds is 1. The Kier molecular flexibility index (Phi) is 2.93.